The Morgan fingerprint density at radius 2 is 1.62 bits per heavy atom. The number of piperidine rings is 1. The van der Waals surface area contributed by atoms with Crippen molar-refractivity contribution in [2.45, 2.75) is 25.4 Å². The summed E-state index contributed by atoms with van der Waals surface area (Å²) in [5.74, 6) is -0.529. The van der Waals surface area contributed by atoms with Crippen LogP contribution in [0.15, 0.2) is 48.5 Å². The summed E-state index contributed by atoms with van der Waals surface area (Å²) < 4.78 is 38.3. The van der Waals surface area contributed by atoms with E-state index in [4.69, 9.17) is 0 Å². The number of benzene rings is 2. The van der Waals surface area contributed by atoms with Gasteiger partial charge in [-0.3, -0.25) is 9.59 Å². The maximum absolute atomic E-state index is 12.8. The van der Waals surface area contributed by atoms with Gasteiger partial charge in [-0.1, -0.05) is 12.1 Å². The zero-order valence-corrected chi connectivity index (χ0v) is 15.8. The Hall–Kier alpha value is -3.03. The normalized spacial score (nSPS) is 14.4. The molecule has 1 aliphatic rings. The summed E-state index contributed by atoms with van der Waals surface area (Å²) in [6.45, 7) is 1.35. The molecule has 0 aromatic heterocycles. The third-order valence-electron chi connectivity index (χ3n) is 4.68. The van der Waals surface area contributed by atoms with Gasteiger partial charge in [0.25, 0.3) is 5.91 Å². The van der Waals surface area contributed by atoms with Crippen LogP contribution in [0.2, 0.25) is 0 Å². The van der Waals surface area contributed by atoms with Gasteiger partial charge in [-0.25, -0.2) is 0 Å². The van der Waals surface area contributed by atoms with Crippen molar-refractivity contribution in [3.05, 3.63) is 59.7 Å². The topological polar surface area (TPSA) is 61.4 Å². The smallest absolute Gasteiger partial charge is 0.376 e. The van der Waals surface area contributed by atoms with Crippen molar-refractivity contribution in [1.82, 2.24) is 4.90 Å². The van der Waals surface area contributed by atoms with Crippen LogP contribution < -0.4 is 10.6 Å². The van der Waals surface area contributed by atoms with E-state index in [1.54, 1.807) is 24.3 Å². The van der Waals surface area contributed by atoms with E-state index >= 15 is 0 Å². The van der Waals surface area contributed by atoms with Crippen LogP contribution in [-0.2, 0) is 11.0 Å². The molecule has 29 heavy (non-hydrogen) atoms. The SMILES string of the molecule is O=C(CNc1cccc(C(=O)N2CCCCC2)c1)Nc1cccc(C(F)(F)F)c1. The summed E-state index contributed by atoms with van der Waals surface area (Å²) in [5, 5.41) is 5.34. The number of carbonyl (C=O) groups is 2. The molecule has 0 spiro atoms. The van der Waals surface area contributed by atoms with Crippen molar-refractivity contribution in [3.8, 4) is 0 Å². The number of hydrogen-bond donors (Lipinski definition) is 2. The van der Waals surface area contributed by atoms with Crippen molar-refractivity contribution in [1.29, 1.82) is 0 Å². The number of hydrogen-bond acceptors (Lipinski definition) is 3. The summed E-state index contributed by atoms with van der Waals surface area (Å²) in [6, 6.07) is 11.3. The summed E-state index contributed by atoms with van der Waals surface area (Å²) >= 11 is 0. The molecule has 0 saturated carbocycles. The fraction of sp³-hybridized carbons (Fsp3) is 0.333. The second kappa shape index (κ2) is 8.98. The minimum atomic E-state index is -4.47. The minimum absolute atomic E-state index is 0.0400. The standard InChI is InChI=1S/C21H22F3N3O2/c22-21(23,24)16-7-5-9-18(13-16)26-19(28)14-25-17-8-4-6-15(12-17)20(29)27-10-2-1-3-11-27/h4-9,12-13,25H,1-3,10-11,14H2,(H,26,28). The van der Waals surface area contributed by atoms with E-state index in [2.05, 4.69) is 10.6 Å². The van der Waals surface area contributed by atoms with Crippen LogP contribution in [0.3, 0.4) is 0 Å². The molecule has 1 saturated heterocycles. The van der Waals surface area contributed by atoms with E-state index in [0.717, 1.165) is 44.5 Å². The van der Waals surface area contributed by atoms with Gasteiger partial charge in [0.2, 0.25) is 5.91 Å². The van der Waals surface area contributed by atoms with Crippen molar-refractivity contribution >= 4 is 23.2 Å². The Labute approximate surface area is 166 Å². The van der Waals surface area contributed by atoms with Gasteiger partial charge < -0.3 is 15.5 Å². The molecule has 0 bridgehead atoms. The molecular formula is C21H22F3N3O2. The predicted octanol–water partition coefficient (Wildman–Crippen LogP) is 4.38. The molecule has 1 aliphatic heterocycles. The monoisotopic (exact) mass is 405 g/mol. The van der Waals surface area contributed by atoms with Gasteiger partial charge in [0, 0.05) is 30.0 Å². The van der Waals surface area contributed by atoms with Gasteiger partial charge in [-0.15, -0.1) is 0 Å². The Morgan fingerprint density at radius 3 is 2.34 bits per heavy atom. The van der Waals surface area contributed by atoms with E-state index in [-0.39, 0.29) is 18.1 Å². The summed E-state index contributed by atoms with van der Waals surface area (Å²) in [6.07, 6.45) is -1.34. The second-order valence-electron chi connectivity index (χ2n) is 6.91. The highest BCUT2D eigenvalue weighted by atomic mass is 19.4. The fourth-order valence-electron chi connectivity index (χ4n) is 3.20. The van der Waals surface area contributed by atoms with Crippen molar-refractivity contribution in [2.24, 2.45) is 0 Å². The average Bonchev–Trinajstić information content (AvgIpc) is 2.72. The molecule has 3 rings (SSSR count). The van der Waals surface area contributed by atoms with Crippen LogP contribution in [0, 0.1) is 0 Å². The van der Waals surface area contributed by atoms with Gasteiger partial charge in [0.1, 0.15) is 0 Å². The number of likely N-dealkylation sites (tertiary alicyclic amines) is 1. The maximum Gasteiger partial charge on any atom is 0.416 e. The quantitative estimate of drug-likeness (QED) is 0.776. The lowest BCUT2D eigenvalue weighted by molar-refractivity contribution is -0.137. The first-order valence-corrected chi connectivity index (χ1v) is 9.43. The summed E-state index contributed by atoms with van der Waals surface area (Å²) in [4.78, 5) is 26.5. The fourth-order valence-corrected chi connectivity index (χ4v) is 3.20. The van der Waals surface area contributed by atoms with Crippen molar-refractivity contribution < 1.29 is 22.8 Å². The van der Waals surface area contributed by atoms with E-state index in [1.807, 2.05) is 4.90 Å². The molecule has 2 N–H and O–H groups in total. The number of amides is 2. The highest BCUT2D eigenvalue weighted by Crippen LogP contribution is 2.30. The van der Waals surface area contributed by atoms with Gasteiger partial charge in [-0.05, 0) is 55.7 Å². The lowest BCUT2D eigenvalue weighted by Gasteiger charge is -2.26. The van der Waals surface area contributed by atoms with E-state index < -0.39 is 17.6 Å². The molecule has 1 fully saturated rings. The maximum atomic E-state index is 12.8. The zero-order chi connectivity index (χ0) is 20.9. The number of alkyl halides is 3. The van der Waals surface area contributed by atoms with Crippen molar-refractivity contribution in [2.75, 3.05) is 30.3 Å². The predicted molar refractivity (Wildman–Crippen MR) is 105 cm³/mol. The van der Waals surface area contributed by atoms with Gasteiger partial charge in [0.05, 0.1) is 12.1 Å². The Kier molecular flexibility index (Phi) is 6.41. The highest BCUT2D eigenvalue weighted by Gasteiger charge is 2.30. The first-order valence-electron chi connectivity index (χ1n) is 9.43. The molecule has 2 aromatic rings. The van der Waals surface area contributed by atoms with Crippen LogP contribution in [0.1, 0.15) is 35.2 Å². The lowest BCUT2D eigenvalue weighted by atomic mass is 10.1. The number of carbonyl (C=O) groups excluding carboxylic acids is 2. The van der Waals surface area contributed by atoms with Crippen LogP contribution in [0.5, 0.6) is 0 Å². The zero-order valence-electron chi connectivity index (χ0n) is 15.8. The Morgan fingerprint density at radius 1 is 0.931 bits per heavy atom. The molecule has 0 unspecified atom stereocenters. The van der Waals surface area contributed by atoms with Gasteiger partial charge in [0.15, 0.2) is 0 Å². The van der Waals surface area contributed by atoms with E-state index in [0.29, 0.717) is 11.3 Å². The minimum Gasteiger partial charge on any atom is -0.376 e. The molecule has 5 nitrogen and oxygen atoms in total. The number of nitrogens with zero attached hydrogens (tertiary/aromatic N) is 1. The lowest BCUT2D eigenvalue weighted by Crippen LogP contribution is -2.35. The van der Waals surface area contributed by atoms with Crippen LogP contribution in [0.25, 0.3) is 0 Å². The largest absolute Gasteiger partial charge is 0.416 e. The molecule has 154 valence electrons. The second-order valence-corrected chi connectivity index (χ2v) is 6.91. The third-order valence-corrected chi connectivity index (χ3v) is 4.68. The van der Waals surface area contributed by atoms with Crippen LogP contribution in [-0.4, -0.2) is 36.3 Å². The van der Waals surface area contributed by atoms with Gasteiger partial charge >= 0.3 is 6.18 Å². The molecule has 8 heteroatoms. The molecule has 0 aliphatic carbocycles. The Balaban J connectivity index is 1.57. The number of nitrogens with one attached hydrogen (secondary N) is 2. The summed E-state index contributed by atoms with van der Waals surface area (Å²) in [7, 11) is 0. The van der Waals surface area contributed by atoms with Crippen LogP contribution in [0.4, 0.5) is 24.5 Å². The first-order chi connectivity index (χ1) is 13.8. The van der Waals surface area contributed by atoms with Crippen molar-refractivity contribution in [3.63, 3.8) is 0 Å². The molecule has 1 heterocycles. The Bertz CT molecular complexity index is 877. The van der Waals surface area contributed by atoms with E-state index in [9.17, 15) is 22.8 Å². The number of rotatable bonds is 5. The molecular weight excluding hydrogens is 383 g/mol. The number of anilines is 2. The molecule has 2 amide bonds. The average molecular weight is 405 g/mol. The molecule has 2 aromatic carbocycles. The summed E-state index contributed by atoms with van der Waals surface area (Å²) in [5.41, 5.74) is 0.370. The third kappa shape index (κ3) is 5.73. The first kappa shape index (κ1) is 20.7. The van der Waals surface area contributed by atoms with E-state index in [1.165, 1.54) is 12.1 Å². The molecule has 0 radical (unpaired) electrons. The van der Waals surface area contributed by atoms with Gasteiger partial charge in [-0.2, -0.15) is 13.2 Å². The van der Waals surface area contributed by atoms with Crippen LogP contribution >= 0.6 is 0 Å². The highest BCUT2D eigenvalue weighted by molar-refractivity contribution is 5.96. The number of halogens is 3. The molecule has 0 atom stereocenters.